The quantitative estimate of drug-likeness (QED) is 0.484. The Bertz CT molecular complexity index is 1100. The van der Waals surface area contributed by atoms with Gasteiger partial charge in [-0.15, -0.1) is 11.3 Å². The van der Waals surface area contributed by atoms with E-state index in [0.29, 0.717) is 17.2 Å². The first-order valence-corrected chi connectivity index (χ1v) is 10.6. The molecule has 0 unspecified atom stereocenters. The van der Waals surface area contributed by atoms with Gasteiger partial charge in [-0.2, -0.15) is 0 Å². The van der Waals surface area contributed by atoms with Crippen molar-refractivity contribution in [2.75, 3.05) is 18.5 Å². The number of carbonyl (C=O) groups is 3. The minimum atomic E-state index is -0.779. The summed E-state index contributed by atoms with van der Waals surface area (Å²) in [5.74, 6) is -1.47. The Balaban J connectivity index is 1.64. The molecule has 0 saturated carbocycles. The van der Waals surface area contributed by atoms with Crippen LogP contribution < -0.4 is 10.1 Å². The summed E-state index contributed by atoms with van der Waals surface area (Å²) in [5, 5.41) is 2.96. The zero-order chi connectivity index (χ0) is 22.9. The van der Waals surface area contributed by atoms with Gasteiger partial charge in [0.2, 0.25) is 5.88 Å². The highest BCUT2D eigenvalue weighted by atomic mass is 32.1. The molecule has 0 spiro atoms. The van der Waals surface area contributed by atoms with E-state index >= 15 is 0 Å². The van der Waals surface area contributed by atoms with Crippen molar-refractivity contribution in [1.82, 2.24) is 9.97 Å². The molecule has 0 radical (unpaired) electrons. The number of pyridine rings is 2. The molecule has 3 heterocycles. The fraction of sp³-hybridized carbons (Fsp3) is 0.227. The lowest BCUT2D eigenvalue weighted by Crippen LogP contribution is -2.22. The molecule has 0 aromatic carbocycles. The van der Waals surface area contributed by atoms with Crippen LogP contribution in [0.4, 0.5) is 5.00 Å². The first kappa shape index (κ1) is 22.9. The minimum absolute atomic E-state index is 0.0290. The van der Waals surface area contributed by atoms with E-state index in [4.69, 9.17) is 14.2 Å². The average Bonchev–Trinajstić information content (AvgIpc) is 3.21. The molecule has 0 saturated heterocycles. The van der Waals surface area contributed by atoms with Gasteiger partial charge in [-0.25, -0.2) is 14.6 Å². The Morgan fingerprint density at radius 1 is 1.03 bits per heavy atom. The van der Waals surface area contributed by atoms with Crippen molar-refractivity contribution >= 4 is 34.2 Å². The molecule has 1 N–H and O–H groups in total. The zero-order valence-corrected chi connectivity index (χ0v) is 18.3. The lowest BCUT2D eigenvalue weighted by molar-refractivity contribution is -0.119. The second-order valence-electron chi connectivity index (χ2n) is 6.30. The Hall–Kier alpha value is -3.79. The van der Waals surface area contributed by atoms with Gasteiger partial charge in [-0.1, -0.05) is 6.92 Å². The number of hydrogen-bond acceptors (Lipinski definition) is 9. The third kappa shape index (κ3) is 5.88. The van der Waals surface area contributed by atoms with E-state index in [1.165, 1.54) is 29.8 Å². The molecule has 3 aromatic rings. The molecule has 10 heteroatoms. The molecule has 0 bridgehead atoms. The van der Waals surface area contributed by atoms with Gasteiger partial charge in [-0.05, 0) is 43.7 Å². The number of anilines is 1. The van der Waals surface area contributed by atoms with Crippen molar-refractivity contribution in [1.29, 1.82) is 0 Å². The number of aromatic nitrogens is 2. The largest absolute Gasteiger partial charge is 0.462 e. The van der Waals surface area contributed by atoms with Gasteiger partial charge in [0, 0.05) is 17.3 Å². The van der Waals surface area contributed by atoms with Crippen LogP contribution in [0.5, 0.6) is 11.6 Å². The maximum atomic E-state index is 12.5. The lowest BCUT2D eigenvalue weighted by atomic mass is 10.2. The Morgan fingerprint density at radius 3 is 2.53 bits per heavy atom. The molecule has 166 valence electrons. The first-order valence-electron chi connectivity index (χ1n) is 9.81. The predicted octanol–water partition coefficient (Wildman–Crippen LogP) is 3.87. The minimum Gasteiger partial charge on any atom is -0.462 e. The summed E-state index contributed by atoms with van der Waals surface area (Å²) in [4.78, 5) is 45.9. The van der Waals surface area contributed by atoms with Gasteiger partial charge in [0.15, 0.2) is 6.61 Å². The topological polar surface area (TPSA) is 117 Å². The van der Waals surface area contributed by atoms with Crippen LogP contribution in [0.3, 0.4) is 0 Å². The van der Waals surface area contributed by atoms with Gasteiger partial charge in [0.1, 0.15) is 16.3 Å². The number of ether oxygens (including phenoxy) is 3. The van der Waals surface area contributed by atoms with Crippen LogP contribution in [-0.4, -0.2) is 41.0 Å². The number of hydrogen-bond donors (Lipinski definition) is 1. The number of nitrogens with one attached hydrogen (secondary N) is 1. The molecule has 32 heavy (non-hydrogen) atoms. The number of rotatable bonds is 9. The van der Waals surface area contributed by atoms with Gasteiger partial charge < -0.3 is 19.5 Å². The van der Waals surface area contributed by atoms with Crippen molar-refractivity contribution in [3.63, 3.8) is 0 Å². The van der Waals surface area contributed by atoms with Crippen LogP contribution >= 0.6 is 11.3 Å². The summed E-state index contributed by atoms with van der Waals surface area (Å²) in [6.45, 7) is 3.30. The second-order valence-corrected chi connectivity index (χ2v) is 7.44. The predicted molar refractivity (Wildman–Crippen MR) is 117 cm³/mol. The lowest BCUT2D eigenvalue weighted by Gasteiger charge is -2.10. The highest BCUT2D eigenvalue weighted by Crippen LogP contribution is 2.29. The molecule has 0 fully saturated rings. The number of amides is 1. The molecule has 0 aliphatic rings. The third-order valence-electron chi connectivity index (χ3n) is 4.05. The van der Waals surface area contributed by atoms with Crippen molar-refractivity contribution < 1.29 is 28.6 Å². The summed E-state index contributed by atoms with van der Waals surface area (Å²) in [5.41, 5.74) is 0.327. The molecular weight excluding hydrogens is 434 g/mol. The van der Waals surface area contributed by atoms with Gasteiger partial charge in [0.05, 0.1) is 18.4 Å². The van der Waals surface area contributed by atoms with E-state index in [9.17, 15) is 14.4 Å². The SMILES string of the molecule is CCOC(=O)c1cc(CC)sc1NC(=O)COC(=O)c1cccnc1Oc1cccnc1. The van der Waals surface area contributed by atoms with Crippen LogP contribution in [0.15, 0.2) is 48.9 Å². The number of aryl methyl sites for hydroxylation is 1. The van der Waals surface area contributed by atoms with E-state index in [1.807, 2.05) is 6.92 Å². The fourth-order valence-corrected chi connectivity index (χ4v) is 3.59. The monoisotopic (exact) mass is 455 g/mol. The van der Waals surface area contributed by atoms with E-state index in [2.05, 4.69) is 15.3 Å². The highest BCUT2D eigenvalue weighted by molar-refractivity contribution is 7.16. The van der Waals surface area contributed by atoms with E-state index in [0.717, 1.165) is 4.88 Å². The van der Waals surface area contributed by atoms with Gasteiger partial charge >= 0.3 is 11.9 Å². The number of carbonyl (C=O) groups excluding carboxylic acids is 3. The van der Waals surface area contributed by atoms with E-state index < -0.39 is 24.5 Å². The van der Waals surface area contributed by atoms with Crippen LogP contribution in [0, 0.1) is 0 Å². The molecule has 3 rings (SSSR count). The summed E-state index contributed by atoms with van der Waals surface area (Å²) >= 11 is 1.27. The van der Waals surface area contributed by atoms with E-state index in [1.54, 1.807) is 37.4 Å². The number of thiophene rings is 1. The second kappa shape index (κ2) is 11.0. The van der Waals surface area contributed by atoms with Crippen LogP contribution in [0.25, 0.3) is 0 Å². The third-order valence-corrected chi connectivity index (χ3v) is 5.25. The fourth-order valence-electron chi connectivity index (χ4n) is 2.59. The Morgan fingerprint density at radius 2 is 1.81 bits per heavy atom. The average molecular weight is 455 g/mol. The number of nitrogens with zero attached hydrogens (tertiary/aromatic N) is 2. The van der Waals surface area contributed by atoms with Gasteiger partial charge in [0.25, 0.3) is 5.91 Å². The first-order chi connectivity index (χ1) is 15.5. The van der Waals surface area contributed by atoms with Crippen molar-refractivity contribution in [3.8, 4) is 11.6 Å². The van der Waals surface area contributed by atoms with Crippen molar-refractivity contribution in [3.05, 3.63) is 64.9 Å². The summed E-state index contributed by atoms with van der Waals surface area (Å²) in [6.07, 6.45) is 5.23. The van der Waals surface area contributed by atoms with Crippen LogP contribution in [-0.2, 0) is 20.7 Å². The van der Waals surface area contributed by atoms with E-state index in [-0.39, 0.29) is 23.6 Å². The van der Waals surface area contributed by atoms with Crippen molar-refractivity contribution in [2.24, 2.45) is 0 Å². The van der Waals surface area contributed by atoms with Crippen LogP contribution in [0.1, 0.15) is 39.4 Å². The molecule has 0 aliphatic carbocycles. The Kier molecular flexibility index (Phi) is 7.87. The summed E-state index contributed by atoms with van der Waals surface area (Å²) in [6, 6.07) is 8.06. The molecule has 9 nitrogen and oxygen atoms in total. The maximum Gasteiger partial charge on any atom is 0.344 e. The standard InChI is InChI=1S/C22H21N3O6S/c1-3-15-11-17(22(28)29-4-2)20(32-15)25-18(26)13-30-21(27)16-8-6-10-24-19(16)31-14-7-5-9-23-12-14/h5-12H,3-4,13H2,1-2H3,(H,25,26). The molecule has 3 aromatic heterocycles. The maximum absolute atomic E-state index is 12.5. The zero-order valence-electron chi connectivity index (χ0n) is 17.5. The summed E-state index contributed by atoms with van der Waals surface area (Å²) < 4.78 is 15.7. The highest BCUT2D eigenvalue weighted by Gasteiger charge is 2.21. The molecule has 0 aliphatic heterocycles. The van der Waals surface area contributed by atoms with Crippen LogP contribution in [0.2, 0.25) is 0 Å². The van der Waals surface area contributed by atoms with Crippen molar-refractivity contribution in [2.45, 2.75) is 20.3 Å². The molecule has 0 atom stereocenters. The molecule has 1 amide bonds. The smallest absolute Gasteiger partial charge is 0.344 e. The number of esters is 2. The molecular formula is C22H21N3O6S. The Labute approximate surface area is 188 Å². The van der Waals surface area contributed by atoms with Gasteiger partial charge in [-0.3, -0.25) is 9.78 Å². The summed E-state index contributed by atoms with van der Waals surface area (Å²) in [7, 11) is 0. The normalized spacial score (nSPS) is 10.3.